The smallest absolute Gasteiger partial charge is 0.480 e. The van der Waals surface area contributed by atoms with Gasteiger partial charge in [-0.05, 0) is 0 Å². The predicted octanol–water partition coefficient (Wildman–Crippen LogP) is 0.556. The zero-order valence-electron chi connectivity index (χ0n) is 8.79. The molecule has 0 spiro atoms. The second kappa shape index (κ2) is 7.42. The molecule has 0 atom stereocenters. The van der Waals surface area contributed by atoms with Crippen molar-refractivity contribution in [3.8, 4) is 0 Å². The molecule has 0 aliphatic carbocycles. The molecular weight excluding hydrogens is 231 g/mol. The maximum absolute atomic E-state index is 11.6. The lowest BCUT2D eigenvalue weighted by atomic mass is 10.4. The third-order valence-electron chi connectivity index (χ3n) is 1.64. The van der Waals surface area contributed by atoms with Crippen molar-refractivity contribution in [2.75, 3.05) is 40.0 Å². The van der Waals surface area contributed by atoms with Gasteiger partial charge in [-0.25, -0.2) is 0 Å². The van der Waals surface area contributed by atoms with Crippen molar-refractivity contribution in [2.45, 2.75) is 6.36 Å². The Labute approximate surface area is 90.7 Å². The van der Waals surface area contributed by atoms with Crippen molar-refractivity contribution in [1.82, 2.24) is 4.90 Å². The van der Waals surface area contributed by atoms with E-state index in [2.05, 4.69) is 4.74 Å². The molecule has 16 heavy (non-hydrogen) atoms. The summed E-state index contributed by atoms with van der Waals surface area (Å²) in [5.74, 6) is -1.11. The van der Waals surface area contributed by atoms with Crippen LogP contribution in [-0.4, -0.2) is 62.3 Å². The summed E-state index contributed by atoms with van der Waals surface area (Å²) in [4.78, 5) is 11.7. The van der Waals surface area contributed by atoms with Gasteiger partial charge in [-0.1, -0.05) is 0 Å². The van der Waals surface area contributed by atoms with Gasteiger partial charge < -0.3 is 9.84 Å². The number of carboxylic acid groups (broad SMARTS) is 1. The van der Waals surface area contributed by atoms with E-state index in [1.54, 1.807) is 0 Å². The van der Waals surface area contributed by atoms with E-state index < -0.39 is 18.9 Å². The molecule has 0 aliphatic rings. The fourth-order valence-electron chi connectivity index (χ4n) is 0.972. The molecule has 5 nitrogen and oxygen atoms in total. The number of hydrogen-bond donors (Lipinski definition) is 1. The molecule has 0 fully saturated rings. The fraction of sp³-hybridized carbons (Fsp3) is 0.875. The molecule has 0 heterocycles. The quantitative estimate of drug-likeness (QED) is 0.677. The lowest BCUT2D eigenvalue weighted by molar-refractivity contribution is -0.325. The molecule has 1 N–H and O–H groups in total. The van der Waals surface area contributed by atoms with Crippen LogP contribution in [0.2, 0.25) is 0 Å². The second-order valence-corrected chi connectivity index (χ2v) is 2.96. The molecule has 0 aromatic carbocycles. The van der Waals surface area contributed by atoms with Crippen LogP contribution in [0.15, 0.2) is 0 Å². The van der Waals surface area contributed by atoms with Crippen LogP contribution in [0, 0.1) is 0 Å². The summed E-state index contributed by atoms with van der Waals surface area (Å²) >= 11 is 0. The van der Waals surface area contributed by atoms with Gasteiger partial charge in [0.25, 0.3) is 0 Å². The largest absolute Gasteiger partial charge is 0.522 e. The minimum absolute atomic E-state index is 0.116. The van der Waals surface area contributed by atoms with Gasteiger partial charge in [0.2, 0.25) is 0 Å². The number of nitrogens with zero attached hydrogens (tertiary/aromatic N) is 1. The summed E-state index contributed by atoms with van der Waals surface area (Å²) in [6.07, 6.45) is -4.68. The van der Waals surface area contributed by atoms with Crippen molar-refractivity contribution in [3.63, 3.8) is 0 Å². The van der Waals surface area contributed by atoms with E-state index in [9.17, 15) is 18.0 Å². The van der Waals surface area contributed by atoms with Gasteiger partial charge in [0, 0.05) is 20.2 Å². The lowest BCUT2D eigenvalue weighted by Crippen LogP contribution is -2.36. The van der Waals surface area contributed by atoms with E-state index in [4.69, 9.17) is 9.84 Å². The molecule has 0 saturated carbocycles. The Kier molecular flexibility index (Phi) is 7.02. The zero-order chi connectivity index (χ0) is 12.6. The Balaban J connectivity index is 3.86. The molecule has 0 bridgehead atoms. The first-order chi connectivity index (χ1) is 7.35. The molecule has 0 amide bonds. The van der Waals surface area contributed by atoms with E-state index in [-0.39, 0.29) is 26.2 Å². The maximum atomic E-state index is 11.6. The van der Waals surface area contributed by atoms with Crippen LogP contribution in [0.1, 0.15) is 0 Å². The third-order valence-corrected chi connectivity index (χ3v) is 1.64. The minimum Gasteiger partial charge on any atom is -0.480 e. The molecule has 0 aromatic heterocycles. The first kappa shape index (κ1) is 15.1. The molecule has 0 unspecified atom stereocenters. The zero-order valence-corrected chi connectivity index (χ0v) is 8.79. The first-order valence-electron chi connectivity index (χ1n) is 4.49. The molecule has 0 aromatic rings. The highest BCUT2D eigenvalue weighted by molar-refractivity contribution is 5.69. The predicted molar refractivity (Wildman–Crippen MR) is 48.0 cm³/mol. The monoisotopic (exact) mass is 245 g/mol. The van der Waals surface area contributed by atoms with Gasteiger partial charge in [0.05, 0.1) is 19.8 Å². The van der Waals surface area contributed by atoms with Gasteiger partial charge in [0.1, 0.15) is 0 Å². The van der Waals surface area contributed by atoms with Crippen LogP contribution >= 0.6 is 0 Å². The van der Waals surface area contributed by atoms with Gasteiger partial charge in [-0.15, -0.1) is 13.2 Å². The summed E-state index contributed by atoms with van der Waals surface area (Å²) in [6, 6.07) is 0. The second-order valence-electron chi connectivity index (χ2n) is 2.96. The number of halogens is 3. The Morgan fingerprint density at radius 3 is 2.31 bits per heavy atom. The van der Waals surface area contributed by atoms with E-state index in [1.807, 2.05) is 0 Å². The lowest BCUT2D eigenvalue weighted by Gasteiger charge is -2.19. The molecular formula is C8H14F3NO4. The van der Waals surface area contributed by atoms with Crippen molar-refractivity contribution >= 4 is 5.97 Å². The van der Waals surface area contributed by atoms with E-state index >= 15 is 0 Å². The van der Waals surface area contributed by atoms with Crippen molar-refractivity contribution in [3.05, 3.63) is 0 Å². The number of rotatable bonds is 8. The molecule has 8 heteroatoms. The topological polar surface area (TPSA) is 59.0 Å². The van der Waals surface area contributed by atoms with Crippen LogP contribution in [0.3, 0.4) is 0 Å². The van der Waals surface area contributed by atoms with E-state index in [0.717, 1.165) is 0 Å². The van der Waals surface area contributed by atoms with E-state index in [0.29, 0.717) is 0 Å². The van der Waals surface area contributed by atoms with Gasteiger partial charge in [0.15, 0.2) is 0 Å². The van der Waals surface area contributed by atoms with Gasteiger partial charge in [-0.2, -0.15) is 0 Å². The average Bonchev–Trinajstić information content (AvgIpc) is 2.11. The third kappa shape index (κ3) is 9.69. The van der Waals surface area contributed by atoms with Crippen molar-refractivity contribution < 1.29 is 32.5 Å². The highest BCUT2D eigenvalue weighted by Crippen LogP contribution is 2.15. The standard InChI is InChI=1S/C8H14F3NO4/c1-15-4-2-12(6-7(13)14)3-5-16-8(9,10)11/h2-6H2,1H3,(H,13,14). The van der Waals surface area contributed by atoms with Crippen molar-refractivity contribution in [1.29, 1.82) is 0 Å². The van der Waals surface area contributed by atoms with Crippen LogP contribution in [0.5, 0.6) is 0 Å². The molecule has 0 radical (unpaired) electrons. The Hall–Kier alpha value is -0.860. The summed E-state index contributed by atoms with van der Waals surface area (Å²) in [5.41, 5.74) is 0. The Morgan fingerprint density at radius 2 is 1.88 bits per heavy atom. The van der Waals surface area contributed by atoms with Gasteiger partial charge >= 0.3 is 12.3 Å². The highest BCUT2D eigenvalue weighted by Gasteiger charge is 2.29. The summed E-state index contributed by atoms with van der Waals surface area (Å²) in [5, 5.41) is 8.50. The minimum atomic E-state index is -4.68. The number of ether oxygens (including phenoxy) is 2. The number of carbonyl (C=O) groups is 1. The maximum Gasteiger partial charge on any atom is 0.522 e. The number of methoxy groups -OCH3 is 1. The van der Waals surface area contributed by atoms with Gasteiger partial charge in [-0.3, -0.25) is 14.4 Å². The number of carboxylic acids is 1. The molecule has 0 saturated heterocycles. The van der Waals surface area contributed by atoms with Crippen molar-refractivity contribution in [2.24, 2.45) is 0 Å². The molecule has 0 aliphatic heterocycles. The Morgan fingerprint density at radius 1 is 1.31 bits per heavy atom. The summed E-state index contributed by atoms with van der Waals surface area (Å²) in [7, 11) is 1.42. The number of aliphatic carboxylic acids is 1. The van der Waals surface area contributed by atoms with Crippen LogP contribution in [0.4, 0.5) is 13.2 Å². The SMILES string of the molecule is COCCN(CCOC(F)(F)F)CC(=O)O. The fourth-order valence-corrected chi connectivity index (χ4v) is 0.972. The van der Waals surface area contributed by atoms with Crippen LogP contribution in [0.25, 0.3) is 0 Å². The first-order valence-corrected chi connectivity index (χ1v) is 4.49. The van der Waals surface area contributed by atoms with Crippen LogP contribution in [-0.2, 0) is 14.3 Å². The molecule has 96 valence electrons. The summed E-state index contributed by atoms with van der Waals surface area (Å²) in [6.45, 7) is -0.566. The van der Waals surface area contributed by atoms with Crippen LogP contribution < -0.4 is 0 Å². The highest BCUT2D eigenvalue weighted by atomic mass is 19.4. The number of hydrogen-bond acceptors (Lipinski definition) is 4. The van der Waals surface area contributed by atoms with E-state index in [1.165, 1.54) is 12.0 Å². The average molecular weight is 245 g/mol. The summed E-state index contributed by atoms with van der Waals surface area (Å²) < 4.78 is 43.2. The Bertz CT molecular complexity index is 210. The number of alkyl halides is 3. The normalized spacial score (nSPS) is 12.1. The molecule has 0 rings (SSSR count).